The predicted molar refractivity (Wildman–Crippen MR) is 217 cm³/mol. The molecule has 0 saturated carbocycles. The molecule has 5 rings (SSSR count). The van der Waals surface area contributed by atoms with Gasteiger partial charge >= 0.3 is 11.9 Å². The maximum atomic E-state index is 14.1. The topological polar surface area (TPSA) is 197 Å². The summed E-state index contributed by atoms with van der Waals surface area (Å²) >= 11 is 0. The molecule has 0 unspecified atom stereocenters. The second-order valence-electron chi connectivity index (χ2n) is 13.9. The van der Waals surface area contributed by atoms with Crippen molar-refractivity contribution in [3.8, 4) is 11.5 Å². The zero-order valence-electron chi connectivity index (χ0n) is 34.4. The first-order valence-corrected chi connectivity index (χ1v) is 22.6. The molecule has 5 aromatic rings. The van der Waals surface area contributed by atoms with Gasteiger partial charge in [0.15, 0.2) is 6.54 Å². The summed E-state index contributed by atoms with van der Waals surface area (Å²) in [6, 6.07) is 16.9. The van der Waals surface area contributed by atoms with Crippen molar-refractivity contribution in [3.63, 3.8) is 0 Å². The van der Waals surface area contributed by atoms with Crippen LogP contribution >= 0.6 is 0 Å². The summed E-state index contributed by atoms with van der Waals surface area (Å²) in [5, 5.41) is 1.01. The summed E-state index contributed by atoms with van der Waals surface area (Å²) in [6.07, 6.45) is -0.495. The minimum Gasteiger partial charge on any atom is -0.748 e. The summed E-state index contributed by atoms with van der Waals surface area (Å²) in [5.74, 6) is -15.6. The fourth-order valence-corrected chi connectivity index (χ4v) is 8.19. The van der Waals surface area contributed by atoms with Crippen molar-refractivity contribution < 1.29 is 85.9 Å². The molecule has 1 N–H and O–H groups in total. The number of ether oxygens (including phenoxy) is 6. The van der Waals surface area contributed by atoms with E-state index in [1.54, 1.807) is 55.5 Å². The number of sulfonamides is 1. The fourth-order valence-electron chi connectivity index (χ4n) is 6.46. The second kappa shape index (κ2) is 22.6. The lowest BCUT2D eigenvalue weighted by molar-refractivity contribution is -0.645. The van der Waals surface area contributed by atoms with Gasteiger partial charge in [-0.15, -0.1) is 0 Å². The van der Waals surface area contributed by atoms with E-state index >= 15 is 0 Å². The third-order valence-electron chi connectivity index (χ3n) is 9.44. The number of carbonyl (C=O) groups is 2. The monoisotopic (exact) mass is 942 g/mol. The molecule has 0 spiro atoms. The van der Waals surface area contributed by atoms with E-state index in [4.69, 9.17) is 23.7 Å². The van der Waals surface area contributed by atoms with Crippen LogP contribution in [0.3, 0.4) is 0 Å². The SMILES string of the molecule is Cc1ccc(S(=O)(=O)NCCOCCOCCOCCOCCC(=O)Oc2c(F)c(F)c(F)c(F)c2F)c(C)c1OC(=O)c1c2ccccc2[n+](CCCS(=O)(=O)[O-])c2ccccc12. The van der Waals surface area contributed by atoms with E-state index in [-0.39, 0.29) is 94.1 Å². The number of hydrogen-bond acceptors (Lipinski definition) is 13. The van der Waals surface area contributed by atoms with Crippen LogP contribution < -0.4 is 18.8 Å². The Labute approximate surface area is 364 Å². The highest BCUT2D eigenvalue weighted by Crippen LogP contribution is 2.33. The molecular weight excluding hydrogens is 900 g/mol. The second-order valence-corrected chi connectivity index (χ2v) is 17.1. The van der Waals surface area contributed by atoms with E-state index in [9.17, 15) is 52.9 Å². The van der Waals surface area contributed by atoms with E-state index in [0.29, 0.717) is 27.4 Å². The van der Waals surface area contributed by atoms with Crippen LogP contribution in [0.2, 0.25) is 0 Å². The van der Waals surface area contributed by atoms with Crippen molar-refractivity contribution in [2.45, 2.75) is 38.1 Å². The van der Waals surface area contributed by atoms with E-state index in [2.05, 4.69) is 9.46 Å². The first-order chi connectivity index (χ1) is 30.4. The molecule has 0 aliphatic heterocycles. The van der Waals surface area contributed by atoms with Crippen LogP contribution in [0.15, 0.2) is 65.6 Å². The van der Waals surface area contributed by atoms with Crippen molar-refractivity contribution in [1.82, 2.24) is 4.72 Å². The Kier molecular flexibility index (Phi) is 17.6. The van der Waals surface area contributed by atoms with E-state index in [1.165, 1.54) is 19.1 Å². The Morgan fingerprint density at radius 1 is 0.641 bits per heavy atom. The number of aromatic nitrogens is 1. The molecule has 0 saturated heterocycles. The fraction of sp³-hybridized carbons (Fsp3) is 0.357. The lowest BCUT2D eigenvalue weighted by atomic mass is 10.0. The van der Waals surface area contributed by atoms with E-state index < -0.39 is 79.1 Å². The lowest BCUT2D eigenvalue weighted by Gasteiger charge is -2.16. The van der Waals surface area contributed by atoms with Crippen molar-refractivity contribution in [3.05, 3.63) is 106 Å². The highest BCUT2D eigenvalue weighted by Gasteiger charge is 2.30. The third kappa shape index (κ3) is 12.7. The molecule has 64 heavy (non-hydrogen) atoms. The number of para-hydroxylation sites is 2. The molecular formula is C42H43F5N2O13S2. The van der Waals surface area contributed by atoms with Gasteiger partial charge in [-0.1, -0.05) is 30.3 Å². The van der Waals surface area contributed by atoms with Gasteiger partial charge in [0.05, 0.1) is 90.6 Å². The Bertz CT molecular complexity index is 2640. The van der Waals surface area contributed by atoms with E-state index in [1.807, 2.05) is 4.57 Å². The normalized spacial score (nSPS) is 12.0. The average Bonchev–Trinajstić information content (AvgIpc) is 3.25. The molecule has 0 amide bonds. The van der Waals surface area contributed by atoms with Crippen molar-refractivity contribution in [1.29, 1.82) is 0 Å². The summed E-state index contributed by atoms with van der Waals surface area (Å²) in [5.41, 5.74) is 2.11. The van der Waals surface area contributed by atoms with Gasteiger partial charge < -0.3 is 33.0 Å². The number of halogens is 5. The Hall–Kier alpha value is -5.20. The summed E-state index contributed by atoms with van der Waals surface area (Å²) in [6.45, 7) is 3.67. The zero-order chi connectivity index (χ0) is 46.6. The first kappa shape index (κ1) is 49.8. The molecule has 346 valence electrons. The molecule has 0 radical (unpaired) electrons. The standard InChI is InChI=1S/C42H43F5N2O13S2/c1-26-12-13-32(27(2)40(26)62-42(51)34-28-8-3-5-10-30(28)49(16-7-25-63(52,53)54)31-11-6-4-9-29(31)34)64(55,56)48-15-18-58-20-22-60-24-23-59-21-19-57-17-14-33(50)61-41-38(46)36(44)35(43)37(45)39(41)47/h3-6,8-13,48H,7,14-25H2,1-2H3. The molecule has 1 heterocycles. The van der Waals surface area contributed by atoms with Crippen LogP contribution in [-0.2, 0) is 50.4 Å². The highest BCUT2D eigenvalue weighted by molar-refractivity contribution is 7.89. The first-order valence-electron chi connectivity index (χ1n) is 19.5. The van der Waals surface area contributed by atoms with Gasteiger partial charge in [0.1, 0.15) is 5.75 Å². The molecule has 0 aliphatic rings. The number of esters is 2. The van der Waals surface area contributed by atoms with Crippen LogP contribution in [-0.4, -0.2) is 98.5 Å². The van der Waals surface area contributed by atoms with Gasteiger partial charge in [-0.05, 0) is 37.6 Å². The Morgan fingerprint density at radius 3 is 1.69 bits per heavy atom. The van der Waals surface area contributed by atoms with Gasteiger partial charge in [0.25, 0.3) is 0 Å². The number of rotatable bonds is 24. The van der Waals surface area contributed by atoms with Gasteiger partial charge in [-0.25, -0.2) is 39.5 Å². The van der Waals surface area contributed by atoms with Gasteiger partial charge in [0, 0.05) is 36.4 Å². The van der Waals surface area contributed by atoms with Crippen molar-refractivity contribution in [2.24, 2.45) is 0 Å². The summed E-state index contributed by atoms with van der Waals surface area (Å²) < 4.78 is 163. The molecule has 1 aromatic heterocycles. The van der Waals surface area contributed by atoms with Crippen LogP contribution in [0.1, 0.15) is 34.3 Å². The Morgan fingerprint density at radius 2 is 1.14 bits per heavy atom. The molecule has 0 aliphatic carbocycles. The van der Waals surface area contributed by atoms with Crippen LogP contribution in [0.25, 0.3) is 21.8 Å². The quantitative estimate of drug-likeness (QED) is 0.00990. The van der Waals surface area contributed by atoms with Crippen LogP contribution in [0, 0.1) is 42.9 Å². The summed E-state index contributed by atoms with van der Waals surface area (Å²) in [4.78, 5) is 25.7. The molecule has 0 atom stereocenters. The van der Waals surface area contributed by atoms with Gasteiger partial charge in [-0.3, -0.25) is 4.79 Å². The highest BCUT2D eigenvalue weighted by atomic mass is 32.2. The number of benzene rings is 4. The lowest BCUT2D eigenvalue weighted by Crippen LogP contribution is -2.37. The van der Waals surface area contributed by atoms with Crippen molar-refractivity contribution >= 4 is 53.9 Å². The number of carbonyl (C=O) groups excluding carboxylic acids is 2. The van der Waals surface area contributed by atoms with Gasteiger partial charge in [-0.2, -0.15) is 13.3 Å². The molecule has 0 fully saturated rings. The summed E-state index contributed by atoms with van der Waals surface area (Å²) in [7, 11) is -8.54. The zero-order valence-corrected chi connectivity index (χ0v) is 36.1. The minimum atomic E-state index is -4.44. The number of fused-ring (bicyclic) bond motifs is 2. The van der Waals surface area contributed by atoms with Crippen LogP contribution in [0.4, 0.5) is 22.0 Å². The van der Waals surface area contributed by atoms with E-state index in [0.717, 1.165) is 0 Å². The number of nitrogens with one attached hydrogen (secondary N) is 1. The molecule has 22 heteroatoms. The van der Waals surface area contributed by atoms with Gasteiger partial charge in [0.2, 0.25) is 55.9 Å². The maximum Gasteiger partial charge on any atom is 0.345 e. The molecule has 4 aromatic carbocycles. The maximum absolute atomic E-state index is 14.1. The number of pyridine rings is 1. The predicted octanol–water partition coefficient (Wildman–Crippen LogP) is 5.09. The van der Waals surface area contributed by atoms with Crippen molar-refractivity contribution in [2.75, 3.05) is 65.2 Å². The number of hydrogen-bond donors (Lipinski definition) is 1. The van der Waals surface area contributed by atoms with Crippen LogP contribution in [0.5, 0.6) is 11.5 Å². The third-order valence-corrected chi connectivity index (χ3v) is 11.8. The molecule has 15 nitrogen and oxygen atoms in total. The Balaban J connectivity index is 1.03. The molecule has 0 bridgehead atoms. The smallest absolute Gasteiger partial charge is 0.345 e. The number of aryl methyl sites for hydroxylation is 2. The largest absolute Gasteiger partial charge is 0.748 e. The average molecular weight is 943 g/mol. The minimum absolute atomic E-state index is 0.000857. The number of nitrogens with zero attached hydrogens (tertiary/aromatic N) is 1.